The SMILES string of the molecule is C/C=C(\C)Cc1ccc(C2CC(CC(=O)OC)CCN2[C@H](CCC(C)C)c2ccc(C(F)(F)F)cc2)cc1. The first-order valence-electron chi connectivity index (χ1n) is 13.7. The number of ether oxygens (including phenoxy) is 1. The largest absolute Gasteiger partial charge is 0.469 e. The van der Waals surface area contributed by atoms with Gasteiger partial charge in [-0.25, -0.2) is 0 Å². The van der Waals surface area contributed by atoms with E-state index in [0.717, 1.165) is 44.2 Å². The molecule has 0 aromatic heterocycles. The number of methoxy groups -OCH3 is 1. The van der Waals surface area contributed by atoms with Crippen molar-refractivity contribution in [1.29, 1.82) is 0 Å². The molecule has 1 aliphatic rings. The number of hydrogen-bond donors (Lipinski definition) is 0. The van der Waals surface area contributed by atoms with Crippen molar-refractivity contribution in [3.8, 4) is 0 Å². The molecular weight excluding hydrogens is 487 g/mol. The van der Waals surface area contributed by atoms with Gasteiger partial charge in [-0.3, -0.25) is 9.69 Å². The number of benzene rings is 2. The number of allylic oxidation sites excluding steroid dienone is 2. The Morgan fingerprint density at radius 2 is 1.74 bits per heavy atom. The summed E-state index contributed by atoms with van der Waals surface area (Å²) in [6, 6.07) is 14.5. The Hall–Kier alpha value is -2.60. The average Bonchev–Trinajstić information content (AvgIpc) is 2.89. The van der Waals surface area contributed by atoms with E-state index in [-0.39, 0.29) is 24.0 Å². The monoisotopic (exact) mass is 529 g/mol. The maximum Gasteiger partial charge on any atom is 0.416 e. The molecule has 0 radical (unpaired) electrons. The van der Waals surface area contributed by atoms with Crippen LogP contribution in [0.4, 0.5) is 13.2 Å². The summed E-state index contributed by atoms with van der Waals surface area (Å²) in [5, 5.41) is 0. The number of likely N-dealkylation sites (tertiary alicyclic amines) is 1. The first kappa shape index (κ1) is 29.9. The van der Waals surface area contributed by atoms with Crippen molar-refractivity contribution in [3.63, 3.8) is 0 Å². The normalized spacial score (nSPS) is 20.0. The first-order valence-corrected chi connectivity index (χ1v) is 13.7. The number of hydrogen-bond acceptors (Lipinski definition) is 3. The molecule has 3 nitrogen and oxygen atoms in total. The molecule has 3 rings (SSSR count). The molecule has 1 fully saturated rings. The molecule has 0 N–H and O–H groups in total. The summed E-state index contributed by atoms with van der Waals surface area (Å²) >= 11 is 0. The average molecular weight is 530 g/mol. The van der Waals surface area contributed by atoms with Gasteiger partial charge in [0, 0.05) is 18.5 Å². The van der Waals surface area contributed by atoms with Crippen molar-refractivity contribution in [1.82, 2.24) is 4.90 Å². The summed E-state index contributed by atoms with van der Waals surface area (Å²) in [5.74, 6) is 0.488. The molecule has 2 aromatic rings. The van der Waals surface area contributed by atoms with E-state index in [1.807, 2.05) is 6.92 Å². The Balaban J connectivity index is 1.96. The number of piperidine rings is 1. The second kappa shape index (κ2) is 13.5. The van der Waals surface area contributed by atoms with Crippen LogP contribution in [0.25, 0.3) is 0 Å². The van der Waals surface area contributed by atoms with Crippen LogP contribution in [-0.4, -0.2) is 24.5 Å². The molecule has 0 aliphatic carbocycles. The molecule has 2 unspecified atom stereocenters. The third-order valence-electron chi connectivity index (χ3n) is 7.82. The van der Waals surface area contributed by atoms with Crippen molar-refractivity contribution >= 4 is 5.97 Å². The Morgan fingerprint density at radius 3 is 2.29 bits per heavy atom. The Morgan fingerprint density at radius 1 is 1.08 bits per heavy atom. The van der Waals surface area contributed by atoms with Crippen LogP contribution < -0.4 is 0 Å². The summed E-state index contributed by atoms with van der Waals surface area (Å²) in [7, 11) is 1.42. The van der Waals surface area contributed by atoms with Crippen molar-refractivity contribution in [2.24, 2.45) is 11.8 Å². The smallest absolute Gasteiger partial charge is 0.416 e. The molecule has 6 heteroatoms. The number of nitrogens with zero attached hydrogens (tertiary/aromatic N) is 1. The van der Waals surface area contributed by atoms with Gasteiger partial charge in [-0.05, 0) is 93.2 Å². The zero-order valence-corrected chi connectivity index (χ0v) is 23.4. The number of carbonyl (C=O) groups excluding carboxylic acids is 1. The molecule has 38 heavy (non-hydrogen) atoms. The second-order valence-electron chi connectivity index (χ2n) is 11.1. The molecule has 0 amide bonds. The summed E-state index contributed by atoms with van der Waals surface area (Å²) < 4.78 is 44.8. The van der Waals surface area contributed by atoms with E-state index in [1.165, 1.54) is 35.9 Å². The summed E-state index contributed by atoms with van der Waals surface area (Å²) in [6.45, 7) is 9.29. The Labute approximate surface area is 226 Å². The molecule has 1 heterocycles. The van der Waals surface area contributed by atoms with E-state index in [1.54, 1.807) is 12.1 Å². The molecule has 0 spiro atoms. The van der Waals surface area contributed by atoms with Crippen molar-refractivity contribution < 1.29 is 22.7 Å². The lowest BCUT2D eigenvalue weighted by Crippen LogP contribution is -2.40. The maximum absolute atomic E-state index is 13.3. The Kier molecular flexibility index (Phi) is 10.6. The van der Waals surface area contributed by atoms with Gasteiger partial charge in [0.25, 0.3) is 0 Å². The van der Waals surface area contributed by atoms with Crippen LogP contribution in [0.3, 0.4) is 0 Å². The fraction of sp³-hybridized carbons (Fsp3) is 0.531. The van der Waals surface area contributed by atoms with Crippen LogP contribution >= 0.6 is 0 Å². The van der Waals surface area contributed by atoms with E-state index >= 15 is 0 Å². The number of halogens is 3. The maximum atomic E-state index is 13.3. The highest BCUT2D eigenvalue weighted by molar-refractivity contribution is 5.69. The summed E-state index contributed by atoms with van der Waals surface area (Å²) in [5.41, 5.74) is 4.03. The molecule has 1 aliphatic heterocycles. The summed E-state index contributed by atoms with van der Waals surface area (Å²) in [4.78, 5) is 14.6. The molecule has 0 bridgehead atoms. The predicted molar refractivity (Wildman–Crippen MR) is 147 cm³/mol. The molecule has 1 saturated heterocycles. The summed E-state index contributed by atoms with van der Waals surface area (Å²) in [6.07, 6.45) is 2.55. The van der Waals surface area contributed by atoms with Crippen LogP contribution in [0, 0.1) is 11.8 Å². The minimum atomic E-state index is -4.35. The van der Waals surface area contributed by atoms with Gasteiger partial charge in [0.2, 0.25) is 0 Å². The van der Waals surface area contributed by atoms with Crippen LogP contribution in [0.2, 0.25) is 0 Å². The third-order valence-corrected chi connectivity index (χ3v) is 7.82. The van der Waals surface area contributed by atoms with Gasteiger partial charge in [-0.15, -0.1) is 0 Å². The number of carbonyl (C=O) groups is 1. The lowest BCUT2D eigenvalue weighted by atomic mass is 9.82. The van der Waals surface area contributed by atoms with Gasteiger partial charge >= 0.3 is 12.1 Å². The van der Waals surface area contributed by atoms with E-state index in [4.69, 9.17) is 4.74 Å². The van der Waals surface area contributed by atoms with Crippen LogP contribution in [0.15, 0.2) is 60.2 Å². The van der Waals surface area contributed by atoms with Gasteiger partial charge in [0.05, 0.1) is 12.7 Å². The first-order chi connectivity index (χ1) is 18.0. The zero-order valence-electron chi connectivity index (χ0n) is 23.4. The standard InChI is InChI=1S/C32H42F3NO2/c1-6-23(4)19-24-8-10-27(11-9-24)30-20-25(21-31(37)38-5)17-18-36(30)29(16-7-22(2)3)26-12-14-28(15-13-26)32(33,34)35/h6,8-15,22,25,29-30H,7,16-21H2,1-5H3/b23-6+/t25?,29-,30?/m1/s1. The fourth-order valence-electron chi connectivity index (χ4n) is 5.45. The zero-order chi connectivity index (χ0) is 27.9. The lowest BCUT2D eigenvalue weighted by molar-refractivity contribution is -0.142. The van der Waals surface area contributed by atoms with Gasteiger partial charge in [0.15, 0.2) is 0 Å². The van der Waals surface area contributed by atoms with E-state index in [0.29, 0.717) is 12.3 Å². The topological polar surface area (TPSA) is 29.5 Å². The molecule has 0 saturated carbocycles. The second-order valence-corrected chi connectivity index (χ2v) is 11.1. The minimum Gasteiger partial charge on any atom is -0.469 e. The van der Waals surface area contributed by atoms with Gasteiger partial charge in [0.1, 0.15) is 0 Å². The quantitative estimate of drug-likeness (QED) is 0.228. The Bertz CT molecular complexity index is 1060. The fourth-order valence-corrected chi connectivity index (χ4v) is 5.45. The van der Waals surface area contributed by atoms with E-state index in [2.05, 4.69) is 56.0 Å². The lowest BCUT2D eigenvalue weighted by Gasteiger charge is -2.44. The molecular formula is C32H42F3NO2. The van der Waals surface area contributed by atoms with E-state index in [9.17, 15) is 18.0 Å². The van der Waals surface area contributed by atoms with Crippen LogP contribution in [-0.2, 0) is 22.1 Å². The number of alkyl halides is 3. The van der Waals surface area contributed by atoms with Crippen molar-refractivity contribution in [2.75, 3.05) is 13.7 Å². The molecule has 2 aromatic carbocycles. The molecule has 208 valence electrons. The van der Waals surface area contributed by atoms with Gasteiger partial charge < -0.3 is 4.74 Å². The highest BCUT2D eigenvalue weighted by atomic mass is 19.4. The van der Waals surface area contributed by atoms with Crippen LogP contribution in [0.1, 0.15) is 94.1 Å². The minimum absolute atomic E-state index is 0.00583. The van der Waals surface area contributed by atoms with Crippen LogP contribution in [0.5, 0.6) is 0 Å². The van der Waals surface area contributed by atoms with Crippen molar-refractivity contribution in [2.45, 2.75) is 84.5 Å². The highest BCUT2D eigenvalue weighted by Crippen LogP contribution is 2.43. The molecule has 3 atom stereocenters. The predicted octanol–water partition coefficient (Wildman–Crippen LogP) is 8.71. The van der Waals surface area contributed by atoms with Gasteiger partial charge in [-0.1, -0.05) is 61.9 Å². The third kappa shape index (κ3) is 8.20. The van der Waals surface area contributed by atoms with Gasteiger partial charge in [-0.2, -0.15) is 13.2 Å². The number of rotatable bonds is 10. The number of esters is 1. The van der Waals surface area contributed by atoms with E-state index < -0.39 is 11.7 Å². The van der Waals surface area contributed by atoms with Crippen molar-refractivity contribution in [3.05, 3.63) is 82.4 Å². The highest BCUT2D eigenvalue weighted by Gasteiger charge is 2.36.